The highest BCUT2D eigenvalue weighted by atomic mass is 14.2. The van der Waals surface area contributed by atoms with E-state index in [2.05, 4.69) is 200 Å². The van der Waals surface area contributed by atoms with Crippen LogP contribution in [-0.4, -0.2) is 0 Å². The quantitative estimate of drug-likeness (QED) is 0.169. The van der Waals surface area contributed by atoms with Crippen LogP contribution in [0.15, 0.2) is 182 Å². The van der Waals surface area contributed by atoms with Crippen molar-refractivity contribution in [1.82, 2.24) is 0 Å². The van der Waals surface area contributed by atoms with Gasteiger partial charge in [0.1, 0.15) is 0 Å². The van der Waals surface area contributed by atoms with Gasteiger partial charge in [0.25, 0.3) is 0 Å². The van der Waals surface area contributed by atoms with Crippen molar-refractivity contribution in [3.05, 3.63) is 221 Å². The van der Waals surface area contributed by atoms with Crippen LogP contribution in [0.5, 0.6) is 0 Å². The molecule has 9 rings (SSSR count). The highest BCUT2D eigenvalue weighted by Gasteiger charge is 2.21. The van der Waals surface area contributed by atoms with Crippen LogP contribution in [0, 0.1) is 34.6 Å². The topological polar surface area (TPSA) is 0 Å². The van der Waals surface area contributed by atoms with Gasteiger partial charge in [-0.2, -0.15) is 0 Å². The molecule has 0 aromatic heterocycles. The molecule has 0 N–H and O–H groups in total. The van der Waals surface area contributed by atoms with Crippen molar-refractivity contribution in [2.24, 2.45) is 0 Å². The summed E-state index contributed by atoms with van der Waals surface area (Å²) in [7, 11) is 0. The fourth-order valence-electron chi connectivity index (χ4n) is 7.97. The van der Waals surface area contributed by atoms with E-state index < -0.39 is 0 Å². The molecule has 0 nitrogen and oxygen atoms in total. The molecule has 0 amide bonds. The van der Waals surface area contributed by atoms with E-state index >= 15 is 0 Å². The average Bonchev–Trinajstić information content (AvgIpc) is 3.23. The Morgan fingerprint density at radius 2 is 0.860 bits per heavy atom. The van der Waals surface area contributed by atoms with Crippen LogP contribution in [0.4, 0.5) is 0 Å². The van der Waals surface area contributed by atoms with Crippen LogP contribution in [0.2, 0.25) is 0 Å². The Morgan fingerprint density at radius 3 is 1.33 bits per heavy atom. The van der Waals surface area contributed by atoms with Crippen molar-refractivity contribution in [2.45, 2.75) is 60.8 Å². The molecule has 0 fully saturated rings. The van der Waals surface area contributed by atoms with E-state index in [1.54, 1.807) is 0 Å². The standard InChI is InChI=1S/C43H36.C7H10.C7H8/c1-27-10-6-8-12-37(27)41-24-33(16-14-29(41)3)32-18-20-39-36(23-32)22-31(5)43-26-35(19-21-40(39)43)34-17-15-30(4)42(25-34)38-13-9-7-11-28(38)2;2*1-7-5-3-2-4-6-7/h6-21,23-26H,5,22H2,1-4H3;3,5-6H,2,4H2,1H3;2-6H,1H3. The predicted octanol–water partition coefficient (Wildman–Crippen LogP) is 16.1. The van der Waals surface area contributed by atoms with Crippen molar-refractivity contribution < 1.29 is 0 Å². The maximum Gasteiger partial charge on any atom is -0.00191 e. The van der Waals surface area contributed by atoms with Crippen molar-refractivity contribution in [1.29, 1.82) is 0 Å². The summed E-state index contributed by atoms with van der Waals surface area (Å²) in [5, 5.41) is 0. The van der Waals surface area contributed by atoms with E-state index in [1.165, 1.54) is 119 Å². The van der Waals surface area contributed by atoms with E-state index in [0.29, 0.717) is 0 Å². The van der Waals surface area contributed by atoms with Crippen LogP contribution in [0.3, 0.4) is 0 Å². The second kappa shape index (κ2) is 17.7. The van der Waals surface area contributed by atoms with Gasteiger partial charge in [0.05, 0.1) is 0 Å². The largest absolute Gasteiger partial charge is 0.0949 e. The normalized spacial score (nSPS) is 12.6. The van der Waals surface area contributed by atoms with E-state index in [4.69, 9.17) is 0 Å². The fourth-order valence-corrected chi connectivity index (χ4v) is 7.97. The summed E-state index contributed by atoms with van der Waals surface area (Å²) in [6.07, 6.45) is 9.98. The zero-order valence-corrected chi connectivity index (χ0v) is 34.5. The molecule has 0 bridgehead atoms. The van der Waals surface area contributed by atoms with Gasteiger partial charge in [-0.25, -0.2) is 0 Å². The monoisotopic (exact) mass is 738 g/mol. The molecule has 282 valence electrons. The molecule has 7 aromatic carbocycles. The Kier molecular flexibility index (Phi) is 12.1. The van der Waals surface area contributed by atoms with E-state index in [9.17, 15) is 0 Å². The zero-order chi connectivity index (χ0) is 39.9. The summed E-state index contributed by atoms with van der Waals surface area (Å²) in [6.45, 7) is 17.6. The molecule has 7 aromatic rings. The summed E-state index contributed by atoms with van der Waals surface area (Å²) in [5.41, 5.74) is 24.5. The first-order valence-corrected chi connectivity index (χ1v) is 20.3. The van der Waals surface area contributed by atoms with Gasteiger partial charge in [-0.15, -0.1) is 0 Å². The average molecular weight is 739 g/mol. The summed E-state index contributed by atoms with van der Waals surface area (Å²) in [4.78, 5) is 0. The highest BCUT2D eigenvalue weighted by Crippen LogP contribution is 2.43. The third kappa shape index (κ3) is 9.09. The molecule has 0 atom stereocenters. The van der Waals surface area contributed by atoms with Gasteiger partial charge in [0.2, 0.25) is 0 Å². The van der Waals surface area contributed by atoms with Gasteiger partial charge in [-0.3, -0.25) is 0 Å². The van der Waals surface area contributed by atoms with Crippen LogP contribution in [0.1, 0.15) is 58.7 Å². The number of aryl methyl sites for hydroxylation is 5. The third-order valence-electron chi connectivity index (χ3n) is 11.3. The molecule has 0 unspecified atom stereocenters. The molecule has 0 radical (unpaired) electrons. The zero-order valence-electron chi connectivity index (χ0n) is 34.5. The summed E-state index contributed by atoms with van der Waals surface area (Å²) < 4.78 is 0. The molecule has 57 heavy (non-hydrogen) atoms. The van der Waals surface area contributed by atoms with Gasteiger partial charge in [-0.05, 0) is 174 Å². The number of benzene rings is 7. The van der Waals surface area contributed by atoms with Gasteiger partial charge < -0.3 is 0 Å². The number of rotatable bonds is 4. The second-order valence-corrected chi connectivity index (χ2v) is 15.7. The minimum absolute atomic E-state index is 0.860. The first kappa shape index (κ1) is 39.0. The SMILES string of the molecule is C=C1Cc2cc(-c3ccc(C)c(-c4ccccc4C)c3)ccc2-c2ccc(-c3ccc(C)c(-c4ccccc4C)c3)cc21.CC1=CCCC=C1.Cc1ccccc1. The van der Waals surface area contributed by atoms with Crippen LogP contribution in [0.25, 0.3) is 61.2 Å². The van der Waals surface area contributed by atoms with Gasteiger partial charge in [0.15, 0.2) is 0 Å². The molecular formula is C57H54. The van der Waals surface area contributed by atoms with Gasteiger partial charge in [-0.1, -0.05) is 169 Å². The molecule has 0 spiro atoms. The lowest BCUT2D eigenvalue weighted by Gasteiger charge is -2.24. The van der Waals surface area contributed by atoms with E-state index in [-0.39, 0.29) is 0 Å². The Balaban J connectivity index is 0.000000298. The lowest BCUT2D eigenvalue weighted by atomic mass is 9.80. The van der Waals surface area contributed by atoms with Crippen LogP contribution < -0.4 is 0 Å². The van der Waals surface area contributed by atoms with Gasteiger partial charge >= 0.3 is 0 Å². The van der Waals surface area contributed by atoms with E-state index in [1.807, 2.05) is 18.2 Å². The lowest BCUT2D eigenvalue weighted by molar-refractivity contribution is 1.02. The molecule has 0 heterocycles. The lowest BCUT2D eigenvalue weighted by Crippen LogP contribution is -2.03. The fraction of sp³-hybridized carbons (Fsp3) is 0.158. The smallest absolute Gasteiger partial charge is 0.00191 e. The highest BCUT2D eigenvalue weighted by molar-refractivity contribution is 5.92. The second-order valence-electron chi connectivity index (χ2n) is 15.7. The van der Waals surface area contributed by atoms with Crippen molar-refractivity contribution in [3.63, 3.8) is 0 Å². The molecule has 2 aliphatic carbocycles. The van der Waals surface area contributed by atoms with E-state index in [0.717, 1.165) is 6.42 Å². The molecule has 0 saturated heterocycles. The first-order valence-electron chi connectivity index (χ1n) is 20.3. The number of allylic oxidation sites excluding steroid dienone is 5. The number of fused-ring (bicyclic) bond motifs is 3. The van der Waals surface area contributed by atoms with Crippen LogP contribution in [-0.2, 0) is 6.42 Å². The molecule has 0 saturated carbocycles. The molecular weight excluding hydrogens is 685 g/mol. The Labute approximate surface area is 341 Å². The molecule has 0 aliphatic heterocycles. The minimum atomic E-state index is 0.860. The Morgan fingerprint density at radius 1 is 0.386 bits per heavy atom. The number of hydrogen-bond acceptors (Lipinski definition) is 0. The maximum absolute atomic E-state index is 4.56. The summed E-state index contributed by atoms with van der Waals surface area (Å²) in [5.74, 6) is 0. The number of hydrogen-bond donors (Lipinski definition) is 0. The maximum atomic E-state index is 4.56. The minimum Gasteiger partial charge on any atom is -0.0949 e. The van der Waals surface area contributed by atoms with Crippen LogP contribution >= 0.6 is 0 Å². The predicted molar refractivity (Wildman–Crippen MR) is 249 cm³/mol. The summed E-state index contributed by atoms with van der Waals surface area (Å²) >= 11 is 0. The van der Waals surface area contributed by atoms with Crippen molar-refractivity contribution in [3.8, 4) is 55.6 Å². The summed E-state index contributed by atoms with van der Waals surface area (Å²) in [6, 6.07) is 55.1. The van der Waals surface area contributed by atoms with Crippen molar-refractivity contribution >= 4 is 5.57 Å². The third-order valence-corrected chi connectivity index (χ3v) is 11.3. The molecule has 0 heteroatoms. The van der Waals surface area contributed by atoms with Crippen molar-refractivity contribution in [2.75, 3.05) is 0 Å². The first-order chi connectivity index (χ1) is 27.7. The molecule has 2 aliphatic rings. The van der Waals surface area contributed by atoms with Gasteiger partial charge in [0, 0.05) is 0 Å². The Hall–Kier alpha value is -6.24. The Bertz CT molecular complexity index is 2610.